The zero-order valence-corrected chi connectivity index (χ0v) is 45.3. The number of aliphatic hydroxyl groups is 14. The lowest BCUT2D eigenvalue weighted by molar-refractivity contribution is -0.362. The number of rotatable bonds is 15. The number of fused-ring (bicyclic) bond motifs is 5. The zero-order chi connectivity index (χ0) is 57.6. The minimum atomic E-state index is -2.24. The van der Waals surface area contributed by atoms with Crippen molar-refractivity contribution in [2.75, 3.05) is 19.8 Å². The monoisotopic (exact) mass is 1120 g/mol. The average Bonchev–Trinajstić information content (AvgIpc) is 3.95. The van der Waals surface area contributed by atoms with Crippen molar-refractivity contribution in [2.45, 2.75) is 240 Å². The van der Waals surface area contributed by atoms with Crippen molar-refractivity contribution in [3.8, 4) is 0 Å². The van der Waals surface area contributed by atoms with Gasteiger partial charge in [0.05, 0.1) is 43.0 Å². The van der Waals surface area contributed by atoms with Crippen molar-refractivity contribution in [2.24, 2.45) is 45.3 Å². The van der Waals surface area contributed by atoms with Crippen LogP contribution in [0.1, 0.15) is 106 Å². The van der Waals surface area contributed by atoms with E-state index in [2.05, 4.69) is 20.8 Å². The van der Waals surface area contributed by atoms with E-state index in [0.29, 0.717) is 44.9 Å². The predicted octanol–water partition coefficient (Wildman–Crippen LogP) is -2.97. The van der Waals surface area contributed by atoms with Gasteiger partial charge in [-0.05, 0) is 113 Å². The third-order valence-electron chi connectivity index (χ3n) is 20.4. The first-order valence-electron chi connectivity index (χ1n) is 27.5. The molecule has 4 heterocycles. The van der Waals surface area contributed by atoms with E-state index in [1.807, 2.05) is 0 Å². The van der Waals surface area contributed by atoms with Crippen LogP contribution in [-0.4, -0.2) is 242 Å². The van der Waals surface area contributed by atoms with Crippen molar-refractivity contribution in [3.63, 3.8) is 0 Å². The summed E-state index contributed by atoms with van der Waals surface area (Å²) >= 11 is 0. The normalized spacial score (nSPS) is 51.7. The highest BCUT2D eigenvalue weighted by atomic mass is 16.8. The van der Waals surface area contributed by atoms with Gasteiger partial charge in [0.15, 0.2) is 24.5 Å². The van der Waals surface area contributed by atoms with Crippen LogP contribution >= 0.6 is 0 Å². The van der Waals surface area contributed by atoms with E-state index in [0.717, 1.165) is 0 Å². The van der Waals surface area contributed by atoms with Gasteiger partial charge in [-0.3, -0.25) is 4.79 Å². The van der Waals surface area contributed by atoms with Crippen LogP contribution in [-0.2, 0) is 47.5 Å². The van der Waals surface area contributed by atoms with E-state index in [4.69, 9.17) is 37.9 Å². The van der Waals surface area contributed by atoms with Crippen LogP contribution in [0.5, 0.6) is 0 Å². The van der Waals surface area contributed by atoms with Crippen LogP contribution in [0.3, 0.4) is 0 Å². The van der Waals surface area contributed by atoms with Crippen LogP contribution < -0.4 is 0 Å². The Morgan fingerprint density at radius 3 is 1.88 bits per heavy atom. The van der Waals surface area contributed by atoms with E-state index in [9.17, 15) is 86.2 Å². The van der Waals surface area contributed by atoms with Crippen molar-refractivity contribution in [3.05, 3.63) is 12.2 Å². The highest BCUT2D eigenvalue weighted by Crippen LogP contribution is 2.76. The summed E-state index contributed by atoms with van der Waals surface area (Å²) in [6, 6.07) is 0. The minimum absolute atomic E-state index is 0.0644. The fraction of sp³-hybridized carbons (Fsp3) is 0.925. The summed E-state index contributed by atoms with van der Waals surface area (Å²) in [4.78, 5) is 28.3. The fourth-order valence-corrected chi connectivity index (χ4v) is 15.6. The maximum atomic E-state index is 14.4. The van der Waals surface area contributed by atoms with Gasteiger partial charge in [0.2, 0.25) is 6.29 Å². The van der Waals surface area contributed by atoms with Gasteiger partial charge in [0, 0.05) is 12.3 Å². The van der Waals surface area contributed by atoms with E-state index >= 15 is 0 Å². The molecule has 29 atom stereocenters. The van der Waals surface area contributed by atoms with E-state index < -0.39 is 199 Å². The summed E-state index contributed by atoms with van der Waals surface area (Å²) in [5, 5.41) is 162. The number of carbonyl (C=O) groups excluding carboxylic acids is 1. The molecule has 0 aromatic rings. The maximum Gasteiger partial charge on any atom is 0.341 e. The second-order valence-electron chi connectivity index (χ2n) is 25.2. The molecule has 0 spiro atoms. The second kappa shape index (κ2) is 22.8. The molecule has 8 fully saturated rings. The van der Waals surface area contributed by atoms with Crippen molar-refractivity contribution < 1.29 is 124 Å². The van der Waals surface area contributed by atoms with Gasteiger partial charge in [-0.15, -0.1) is 0 Å². The highest BCUT2D eigenvalue weighted by molar-refractivity contribution is 5.80. The first-order chi connectivity index (χ1) is 36.3. The number of aliphatic hydroxyl groups excluding tert-OH is 12. The molecule has 0 aromatic heterocycles. The lowest BCUT2D eigenvalue weighted by atomic mass is 9.35. The topological polar surface area (TPSA) is 411 Å². The number of esters is 1. The third kappa shape index (κ3) is 10.6. The molecule has 4 saturated carbocycles. The first-order valence-corrected chi connectivity index (χ1v) is 27.5. The molecule has 0 unspecified atom stereocenters. The molecule has 4 aliphatic heterocycles. The maximum absolute atomic E-state index is 14.4. The van der Waals surface area contributed by atoms with Gasteiger partial charge < -0.3 is 114 Å². The quantitative estimate of drug-likeness (QED) is 0.0442. The molecule has 8 rings (SSSR count). The summed E-state index contributed by atoms with van der Waals surface area (Å²) in [5.41, 5.74) is -6.71. The summed E-state index contributed by atoms with van der Waals surface area (Å²) < 4.78 is 46.1. The number of carbonyl (C=O) groups is 2. The summed E-state index contributed by atoms with van der Waals surface area (Å²) in [7, 11) is 0. The molecule has 78 heavy (non-hydrogen) atoms. The molecule has 8 aliphatic rings. The minimum Gasteiger partial charge on any atom is -0.481 e. The van der Waals surface area contributed by atoms with Crippen LogP contribution in [0.2, 0.25) is 0 Å². The number of carboxylic acids is 1. The number of ether oxygens (including phenoxy) is 8. The molecule has 448 valence electrons. The Kier molecular flexibility index (Phi) is 18.1. The Bertz CT molecular complexity index is 2130. The van der Waals surface area contributed by atoms with Gasteiger partial charge in [-0.2, -0.15) is 0 Å². The third-order valence-corrected chi connectivity index (χ3v) is 20.4. The Morgan fingerprint density at radius 1 is 0.641 bits per heavy atom. The standard InChI is InChI=1S/C53H86O25/c1-22-31(56)34(59)37(62)42(73-22)72-21-27-33(58)36(61)38(63)44(75-27)77-41-25(55)20-71-43(40(41)65)76-30-13-16-49(4)28-10-9-23-24(11-17-50(23,5)51(28,6)18-12-29(49)52(30,7)46(66)67)53(70,15-8-14-48(2,3)69)47(68)78-45-39(64)35(60)32(57)26(19-54)74-45/h8,14,22-45,54-65,69-70H,9-13,15-21H2,1-7H3,(H,66,67)/b14-8+/t22-,23+,24-,25-,26+,27+,28+,29+,30-,31-,32+,33+,34+,35-,36-,37+,38+,39+,40+,41-,42+,43-,44-,45-,49+,50+,51+,52+,53-/m0/s1. The largest absolute Gasteiger partial charge is 0.481 e. The smallest absolute Gasteiger partial charge is 0.341 e. The van der Waals surface area contributed by atoms with E-state index in [-0.39, 0.29) is 24.7 Å². The molecule has 0 radical (unpaired) electrons. The molecule has 25 heteroatoms. The highest BCUT2D eigenvalue weighted by Gasteiger charge is 2.72. The predicted molar refractivity (Wildman–Crippen MR) is 262 cm³/mol. The van der Waals surface area contributed by atoms with Crippen molar-refractivity contribution in [1.29, 1.82) is 0 Å². The lowest BCUT2D eigenvalue weighted by Crippen LogP contribution is -2.67. The van der Waals surface area contributed by atoms with Crippen LogP contribution in [0.25, 0.3) is 0 Å². The first kappa shape index (κ1) is 61.9. The lowest BCUT2D eigenvalue weighted by Gasteiger charge is -2.69. The summed E-state index contributed by atoms with van der Waals surface area (Å²) in [6.07, 6.45) is -26.0. The molecule has 25 nitrogen and oxygen atoms in total. The molecular formula is C53H86O25. The van der Waals surface area contributed by atoms with Crippen LogP contribution in [0.15, 0.2) is 12.2 Å². The number of aliphatic carboxylic acids is 1. The number of carboxylic acid groups (broad SMARTS) is 1. The number of hydrogen-bond donors (Lipinski definition) is 15. The van der Waals surface area contributed by atoms with Gasteiger partial charge >= 0.3 is 11.9 Å². The Hall–Kier alpha value is -2.16. The van der Waals surface area contributed by atoms with Crippen molar-refractivity contribution >= 4 is 11.9 Å². The Morgan fingerprint density at radius 2 is 1.24 bits per heavy atom. The van der Waals surface area contributed by atoms with Crippen molar-refractivity contribution in [1.82, 2.24) is 0 Å². The van der Waals surface area contributed by atoms with Crippen LogP contribution in [0, 0.1) is 45.3 Å². The second-order valence-corrected chi connectivity index (χ2v) is 25.2. The van der Waals surface area contributed by atoms with Crippen LogP contribution in [0.4, 0.5) is 0 Å². The van der Waals surface area contributed by atoms with Gasteiger partial charge in [0.1, 0.15) is 85.5 Å². The summed E-state index contributed by atoms with van der Waals surface area (Å²) in [6.45, 7) is 10.8. The Balaban J connectivity index is 0.971. The Labute approximate surface area is 452 Å². The number of hydrogen-bond acceptors (Lipinski definition) is 24. The molecule has 4 saturated heterocycles. The molecule has 0 bridgehead atoms. The van der Waals surface area contributed by atoms with E-state index in [1.165, 1.54) is 32.9 Å². The van der Waals surface area contributed by atoms with E-state index in [1.54, 1.807) is 6.92 Å². The average molecular weight is 1120 g/mol. The molecule has 15 N–H and O–H groups in total. The fourth-order valence-electron chi connectivity index (χ4n) is 15.6. The van der Waals surface area contributed by atoms with Gasteiger partial charge in [-0.25, -0.2) is 4.79 Å². The summed E-state index contributed by atoms with van der Waals surface area (Å²) in [5.74, 6) is -3.84. The van der Waals surface area contributed by atoms with Gasteiger partial charge in [0.25, 0.3) is 0 Å². The zero-order valence-electron chi connectivity index (χ0n) is 45.3. The molecule has 0 amide bonds. The molecular weight excluding hydrogens is 1040 g/mol. The molecule has 4 aliphatic carbocycles. The van der Waals surface area contributed by atoms with Gasteiger partial charge in [-0.1, -0.05) is 32.9 Å². The molecule has 0 aromatic carbocycles. The SMILES string of the molecule is C[C@@H]1O[C@@H](OC[C@H]2O[C@@H](O[C@@H]3[C@@H](O)[C@H](O[C@H]4CC[C@@]5(C)[C@@H](CC[C@]6(C)[C@@H]5CC[C@@H]5[C@@H]([C@@](O)(C/C=C/C(C)(C)O)C(=O)O[C@@H]7O[C@H](CO)[C@@H](O)[C@H](O)[C@H]7O)CC[C@]56C)[C@@]4(C)C(=O)O)OC[C@@H]3O)[C@H](O)[C@@H](O)[C@@H]2O)[C@H](O)[C@H](O)[C@H]1O.